The summed E-state index contributed by atoms with van der Waals surface area (Å²) in [6.07, 6.45) is 1.63. The molecule has 0 bridgehead atoms. The van der Waals surface area contributed by atoms with Gasteiger partial charge in [-0.3, -0.25) is 0 Å². The molecule has 0 fully saturated rings. The summed E-state index contributed by atoms with van der Waals surface area (Å²) in [6, 6.07) is 12.8. The number of ether oxygens (including phenoxy) is 2. The van der Waals surface area contributed by atoms with Crippen LogP contribution in [0.4, 0.5) is 0 Å². The Hall–Kier alpha value is -1.86. The summed E-state index contributed by atoms with van der Waals surface area (Å²) < 4.78 is 11.4. The van der Waals surface area contributed by atoms with Crippen molar-refractivity contribution >= 4 is 52.1 Å². The first-order valence-corrected chi connectivity index (χ1v) is 8.14. The van der Waals surface area contributed by atoms with Crippen LogP contribution in [-0.2, 0) is 9.53 Å². The van der Waals surface area contributed by atoms with E-state index in [0.717, 1.165) is 14.7 Å². The number of halogens is 2. The Morgan fingerprint density at radius 1 is 1.22 bits per heavy atom. The molecule has 3 rings (SSSR count). The second kappa shape index (κ2) is 6.72. The highest BCUT2D eigenvalue weighted by molar-refractivity contribution is 14.1. The van der Waals surface area contributed by atoms with E-state index in [0.29, 0.717) is 16.7 Å². The lowest BCUT2D eigenvalue weighted by Crippen LogP contribution is -2.05. The molecule has 116 valence electrons. The number of nitrogens with zero attached hydrogens (tertiary/aromatic N) is 1. The fourth-order valence-electron chi connectivity index (χ4n) is 2.06. The molecule has 0 N–H and O–H groups in total. The molecule has 0 aromatic heterocycles. The number of hydrogen-bond donors (Lipinski definition) is 0. The van der Waals surface area contributed by atoms with Gasteiger partial charge in [-0.1, -0.05) is 17.7 Å². The fraction of sp³-hybridized carbons (Fsp3) is 0.0588. The van der Waals surface area contributed by atoms with E-state index in [-0.39, 0.29) is 5.70 Å². The number of methoxy groups -OCH3 is 1. The smallest absolute Gasteiger partial charge is 0.363 e. The second-order valence-electron chi connectivity index (χ2n) is 4.74. The van der Waals surface area contributed by atoms with E-state index in [2.05, 4.69) is 27.6 Å². The molecule has 0 atom stereocenters. The molecule has 0 saturated carbocycles. The number of aliphatic imine (C=N–C) groups is 1. The van der Waals surface area contributed by atoms with E-state index in [4.69, 9.17) is 21.1 Å². The average molecular weight is 440 g/mol. The lowest BCUT2D eigenvalue weighted by Gasteiger charge is -2.03. The van der Waals surface area contributed by atoms with Gasteiger partial charge in [0, 0.05) is 9.13 Å². The molecule has 0 unspecified atom stereocenters. The summed E-state index contributed by atoms with van der Waals surface area (Å²) in [6.45, 7) is 0. The summed E-state index contributed by atoms with van der Waals surface area (Å²) in [5.41, 5.74) is 1.74. The lowest BCUT2D eigenvalue weighted by molar-refractivity contribution is -0.129. The zero-order chi connectivity index (χ0) is 16.4. The van der Waals surface area contributed by atoms with Crippen LogP contribution in [0.1, 0.15) is 11.1 Å². The van der Waals surface area contributed by atoms with Gasteiger partial charge in [-0.25, -0.2) is 9.79 Å². The van der Waals surface area contributed by atoms with Crippen molar-refractivity contribution in [2.24, 2.45) is 4.99 Å². The molecule has 0 amide bonds. The van der Waals surface area contributed by atoms with Gasteiger partial charge in [-0.15, -0.1) is 0 Å². The third-order valence-corrected chi connectivity index (χ3v) is 4.21. The van der Waals surface area contributed by atoms with Gasteiger partial charge in [-0.05, 0) is 70.6 Å². The van der Waals surface area contributed by atoms with Gasteiger partial charge in [0.15, 0.2) is 5.70 Å². The third kappa shape index (κ3) is 3.56. The Morgan fingerprint density at radius 3 is 2.61 bits per heavy atom. The van der Waals surface area contributed by atoms with Gasteiger partial charge in [-0.2, -0.15) is 0 Å². The van der Waals surface area contributed by atoms with Crippen molar-refractivity contribution in [3.05, 3.63) is 67.9 Å². The van der Waals surface area contributed by atoms with Crippen LogP contribution in [0.15, 0.2) is 53.2 Å². The molecule has 6 heteroatoms. The van der Waals surface area contributed by atoms with Crippen LogP contribution < -0.4 is 4.74 Å². The number of cyclic esters (lactones) is 1. The predicted molar refractivity (Wildman–Crippen MR) is 97.8 cm³/mol. The van der Waals surface area contributed by atoms with Gasteiger partial charge in [0.2, 0.25) is 5.90 Å². The first kappa shape index (κ1) is 16.0. The molecular formula is C17H11ClINO3. The number of benzene rings is 2. The minimum atomic E-state index is -0.481. The van der Waals surface area contributed by atoms with E-state index in [9.17, 15) is 4.79 Å². The Kier molecular flexibility index (Phi) is 4.68. The molecular weight excluding hydrogens is 429 g/mol. The topological polar surface area (TPSA) is 47.9 Å². The minimum absolute atomic E-state index is 0.236. The summed E-state index contributed by atoms with van der Waals surface area (Å²) >= 11 is 8.29. The van der Waals surface area contributed by atoms with Gasteiger partial charge in [0.1, 0.15) is 5.75 Å². The second-order valence-corrected chi connectivity index (χ2v) is 6.39. The third-order valence-electron chi connectivity index (χ3n) is 3.19. The van der Waals surface area contributed by atoms with Gasteiger partial charge in [0.05, 0.1) is 12.1 Å². The van der Waals surface area contributed by atoms with E-state index >= 15 is 0 Å². The zero-order valence-electron chi connectivity index (χ0n) is 12.0. The van der Waals surface area contributed by atoms with Crippen molar-refractivity contribution in [3.8, 4) is 5.75 Å². The van der Waals surface area contributed by atoms with Crippen LogP contribution in [0.5, 0.6) is 5.75 Å². The molecule has 2 aromatic carbocycles. The summed E-state index contributed by atoms with van der Waals surface area (Å²) in [5, 5.41) is 0.468. The first-order valence-electron chi connectivity index (χ1n) is 6.69. The van der Waals surface area contributed by atoms with E-state index < -0.39 is 5.97 Å². The van der Waals surface area contributed by atoms with Gasteiger partial charge >= 0.3 is 5.97 Å². The number of carbonyl (C=O) groups is 1. The van der Waals surface area contributed by atoms with Crippen molar-refractivity contribution in [1.29, 1.82) is 0 Å². The van der Waals surface area contributed by atoms with E-state index in [1.807, 2.05) is 24.3 Å². The zero-order valence-corrected chi connectivity index (χ0v) is 15.0. The van der Waals surface area contributed by atoms with Crippen LogP contribution in [0.25, 0.3) is 6.08 Å². The molecule has 0 aliphatic carbocycles. The molecule has 4 nitrogen and oxygen atoms in total. The van der Waals surface area contributed by atoms with Gasteiger partial charge in [0.25, 0.3) is 0 Å². The predicted octanol–water partition coefficient (Wildman–Crippen LogP) is 4.30. The molecule has 0 spiro atoms. The van der Waals surface area contributed by atoms with Crippen molar-refractivity contribution < 1.29 is 14.3 Å². The standard InChI is InChI=1S/C17H11ClINO3/c1-22-15-7-2-10(8-13(15)18)9-14-17(21)23-16(20-14)11-3-5-12(19)6-4-11/h2-9H,1H3/b14-9-. The largest absolute Gasteiger partial charge is 0.495 e. The Bertz CT molecular complexity index is 828. The summed E-state index contributed by atoms with van der Waals surface area (Å²) in [5.74, 6) is 0.397. The van der Waals surface area contributed by atoms with Crippen LogP contribution in [-0.4, -0.2) is 19.0 Å². The number of esters is 1. The van der Waals surface area contributed by atoms with E-state index in [1.54, 1.807) is 31.4 Å². The van der Waals surface area contributed by atoms with Crippen LogP contribution in [0.2, 0.25) is 5.02 Å². The maximum absolute atomic E-state index is 12.0. The van der Waals surface area contributed by atoms with Crippen molar-refractivity contribution in [2.75, 3.05) is 7.11 Å². The quantitative estimate of drug-likeness (QED) is 0.407. The molecule has 1 heterocycles. The maximum atomic E-state index is 12.0. The average Bonchev–Trinajstić information content (AvgIpc) is 2.89. The number of rotatable bonds is 3. The normalized spacial score (nSPS) is 15.5. The maximum Gasteiger partial charge on any atom is 0.363 e. The van der Waals surface area contributed by atoms with Crippen molar-refractivity contribution in [1.82, 2.24) is 0 Å². The number of carbonyl (C=O) groups excluding carboxylic acids is 1. The molecule has 1 aliphatic rings. The highest BCUT2D eigenvalue weighted by Crippen LogP contribution is 2.27. The highest BCUT2D eigenvalue weighted by Gasteiger charge is 2.24. The highest BCUT2D eigenvalue weighted by atomic mass is 127. The van der Waals surface area contributed by atoms with Crippen molar-refractivity contribution in [3.63, 3.8) is 0 Å². The van der Waals surface area contributed by atoms with Crippen LogP contribution in [0.3, 0.4) is 0 Å². The summed E-state index contributed by atoms with van der Waals surface area (Å²) in [4.78, 5) is 16.2. The molecule has 1 aliphatic heterocycles. The number of hydrogen-bond acceptors (Lipinski definition) is 4. The molecule has 2 aromatic rings. The Labute approximate surface area is 151 Å². The molecule has 0 radical (unpaired) electrons. The lowest BCUT2D eigenvalue weighted by atomic mass is 10.2. The SMILES string of the molecule is COc1ccc(/C=C2\N=C(c3ccc(I)cc3)OC2=O)cc1Cl. The molecule has 0 saturated heterocycles. The Balaban J connectivity index is 1.91. The molecule has 23 heavy (non-hydrogen) atoms. The minimum Gasteiger partial charge on any atom is -0.495 e. The first-order chi connectivity index (χ1) is 11.1. The van der Waals surface area contributed by atoms with Crippen LogP contribution in [0, 0.1) is 3.57 Å². The van der Waals surface area contributed by atoms with Gasteiger partial charge < -0.3 is 9.47 Å². The fourth-order valence-corrected chi connectivity index (χ4v) is 2.68. The van der Waals surface area contributed by atoms with E-state index in [1.165, 1.54) is 0 Å². The van der Waals surface area contributed by atoms with Crippen molar-refractivity contribution in [2.45, 2.75) is 0 Å². The van der Waals surface area contributed by atoms with Crippen LogP contribution >= 0.6 is 34.2 Å². The summed E-state index contributed by atoms with van der Waals surface area (Å²) in [7, 11) is 1.55. The monoisotopic (exact) mass is 439 g/mol. The Morgan fingerprint density at radius 2 is 1.96 bits per heavy atom.